The Kier molecular flexibility index (Phi) is 4.31. The second kappa shape index (κ2) is 6.92. The van der Waals surface area contributed by atoms with Gasteiger partial charge in [-0.1, -0.05) is 24.3 Å². The lowest BCUT2D eigenvalue weighted by atomic mass is 10.00. The minimum atomic E-state index is -0.289. The molecule has 0 fully saturated rings. The SMILES string of the molecule is O=C(Cn1nc(-c2cccnc2)ccc1=O)N1CCc2ccccc2C1. The molecule has 3 heterocycles. The highest BCUT2D eigenvalue weighted by atomic mass is 16.2. The zero-order chi connectivity index (χ0) is 17.9. The molecule has 4 rings (SSSR count). The first-order chi connectivity index (χ1) is 12.7. The Morgan fingerprint density at radius 1 is 1.04 bits per heavy atom. The molecule has 6 nitrogen and oxygen atoms in total. The number of amides is 1. The van der Waals surface area contributed by atoms with Crippen molar-refractivity contribution in [1.29, 1.82) is 0 Å². The highest BCUT2D eigenvalue weighted by Crippen LogP contribution is 2.18. The second-order valence-electron chi connectivity index (χ2n) is 6.29. The molecular weight excluding hydrogens is 328 g/mol. The van der Waals surface area contributed by atoms with Crippen molar-refractivity contribution in [3.8, 4) is 11.3 Å². The van der Waals surface area contributed by atoms with E-state index in [4.69, 9.17) is 0 Å². The summed E-state index contributed by atoms with van der Waals surface area (Å²) >= 11 is 0. The van der Waals surface area contributed by atoms with Crippen LogP contribution in [0.15, 0.2) is 65.7 Å². The second-order valence-corrected chi connectivity index (χ2v) is 6.29. The number of fused-ring (bicyclic) bond motifs is 1. The largest absolute Gasteiger partial charge is 0.336 e. The topological polar surface area (TPSA) is 68.1 Å². The van der Waals surface area contributed by atoms with Gasteiger partial charge >= 0.3 is 0 Å². The van der Waals surface area contributed by atoms with E-state index in [0.29, 0.717) is 18.8 Å². The third kappa shape index (κ3) is 3.26. The Hall–Kier alpha value is -3.28. The monoisotopic (exact) mass is 346 g/mol. The number of benzene rings is 1. The summed E-state index contributed by atoms with van der Waals surface area (Å²) in [5, 5.41) is 4.34. The maximum atomic E-state index is 12.7. The molecule has 0 spiro atoms. The molecule has 1 aromatic carbocycles. The van der Waals surface area contributed by atoms with Crippen LogP contribution in [-0.2, 0) is 24.3 Å². The number of aromatic nitrogens is 3. The van der Waals surface area contributed by atoms with E-state index in [0.717, 1.165) is 17.5 Å². The van der Waals surface area contributed by atoms with Crippen LogP contribution in [0.4, 0.5) is 0 Å². The molecule has 0 radical (unpaired) electrons. The Morgan fingerprint density at radius 2 is 1.88 bits per heavy atom. The maximum absolute atomic E-state index is 12.7. The molecule has 1 aliphatic heterocycles. The summed E-state index contributed by atoms with van der Waals surface area (Å²) in [7, 11) is 0. The first kappa shape index (κ1) is 16.2. The Labute approximate surface area is 150 Å². The van der Waals surface area contributed by atoms with E-state index in [1.807, 2.05) is 30.3 Å². The van der Waals surface area contributed by atoms with E-state index >= 15 is 0 Å². The van der Waals surface area contributed by atoms with Gasteiger partial charge in [0.2, 0.25) is 5.91 Å². The zero-order valence-electron chi connectivity index (χ0n) is 14.2. The van der Waals surface area contributed by atoms with Crippen molar-refractivity contribution in [1.82, 2.24) is 19.7 Å². The van der Waals surface area contributed by atoms with Crippen molar-refractivity contribution in [2.75, 3.05) is 6.54 Å². The molecule has 0 bridgehead atoms. The van der Waals surface area contributed by atoms with E-state index < -0.39 is 0 Å². The number of hydrogen-bond acceptors (Lipinski definition) is 4. The molecule has 6 heteroatoms. The average molecular weight is 346 g/mol. The predicted molar refractivity (Wildman–Crippen MR) is 97.3 cm³/mol. The van der Waals surface area contributed by atoms with Crippen molar-refractivity contribution in [3.63, 3.8) is 0 Å². The fourth-order valence-corrected chi connectivity index (χ4v) is 3.17. The normalized spacial score (nSPS) is 13.3. The smallest absolute Gasteiger partial charge is 0.267 e. The van der Waals surface area contributed by atoms with Crippen molar-refractivity contribution in [3.05, 3.63) is 82.4 Å². The maximum Gasteiger partial charge on any atom is 0.267 e. The number of pyridine rings is 1. The highest BCUT2D eigenvalue weighted by molar-refractivity contribution is 5.76. The van der Waals surface area contributed by atoms with Gasteiger partial charge in [0.05, 0.1) is 5.69 Å². The van der Waals surface area contributed by atoms with Crippen LogP contribution in [0.1, 0.15) is 11.1 Å². The van der Waals surface area contributed by atoms with Gasteiger partial charge in [-0.15, -0.1) is 0 Å². The van der Waals surface area contributed by atoms with Crippen molar-refractivity contribution in [2.45, 2.75) is 19.5 Å². The van der Waals surface area contributed by atoms with Crippen LogP contribution in [-0.4, -0.2) is 32.1 Å². The van der Waals surface area contributed by atoms with Crippen molar-refractivity contribution >= 4 is 5.91 Å². The summed E-state index contributed by atoms with van der Waals surface area (Å²) in [6.07, 6.45) is 4.19. The lowest BCUT2D eigenvalue weighted by Gasteiger charge is -2.28. The number of rotatable bonds is 3. The van der Waals surface area contributed by atoms with Crippen LogP contribution >= 0.6 is 0 Å². The van der Waals surface area contributed by atoms with Crippen LogP contribution < -0.4 is 5.56 Å². The zero-order valence-corrected chi connectivity index (χ0v) is 14.2. The quantitative estimate of drug-likeness (QED) is 0.726. The summed E-state index contributed by atoms with van der Waals surface area (Å²) in [4.78, 5) is 30.7. The molecule has 1 aliphatic rings. The molecule has 2 aromatic heterocycles. The third-order valence-corrected chi connectivity index (χ3v) is 4.59. The van der Waals surface area contributed by atoms with Gasteiger partial charge in [-0.3, -0.25) is 14.6 Å². The summed E-state index contributed by atoms with van der Waals surface area (Å²) in [5.41, 5.74) is 3.58. The first-order valence-corrected chi connectivity index (χ1v) is 8.54. The lowest BCUT2D eigenvalue weighted by molar-refractivity contribution is -0.133. The van der Waals surface area contributed by atoms with E-state index in [9.17, 15) is 9.59 Å². The summed E-state index contributed by atoms with van der Waals surface area (Å²) in [5.74, 6) is -0.0996. The Morgan fingerprint density at radius 3 is 2.69 bits per heavy atom. The predicted octanol–water partition coefficient (Wildman–Crippen LogP) is 1.89. The Bertz CT molecular complexity index is 998. The molecule has 0 N–H and O–H groups in total. The van der Waals surface area contributed by atoms with Crippen molar-refractivity contribution in [2.24, 2.45) is 0 Å². The molecule has 0 saturated heterocycles. The van der Waals surface area contributed by atoms with Gasteiger partial charge in [0.25, 0.3) is 5.56 Å². The Balaban J connectivity index is 1.54. The average Bonchev–Trinajstić information content (AvgIpc) is 2.70. The molecule has 0 atom stereocenters. The molecule has 0 unspecified atom stereocenters. The van der Waals surface area contributed by atoms with Crippen LogP contribution in [0, 0.1) is 0 Å². The number of carbonyl (C=O) groups is 1. The van der Waals surface area contributed by atoms with Gasteiger partial charge < -0.3 is 4.90 Å². The number of hydrogen-bond donors (Lipinski definition) is 0. The third-order valence-electron chi connectivity index (χ3n) is 4.59. The first-order valence-electron chi connectivity index (χ1n) is 8.54. The van der Waals surface area contributed by atoms with E-state index in [1.165, 1.54) is 16.3 Å². The summed E-state index contributed by atoms with van der Waals surface area (Å²) < 4.78 is 1.23. The highest BCUT2D eigenvalue weighted by Gasteiger charge is 2.21. The van der Waals surface area contributed by atoms with Gasteiger partial charge in [-0.05, 0) is 35.7 Å². The summed E-state index contributed by atoms with van der Waals surface area (Å²) in [6.45, 7) is 1.17. The number of nitrogens with zero attached hydrogens (tertiary/aromatic N) is 4. The number of carbonyl (C=O) groups excluding carboxylic acids is 1. The van der Waals surface area contributed by atoms with Crippen LogP contribution in [0.2, 0.25) is 0 Å². The summed E-state index contributed by atoms with van der Waals surface area (Å²) in [6, 6.07) is 14.9. The van der Waals surface area contributed by atoms with Gasteiger partial charge in [-0.2, -0.15) is 5.10 Å². The van der Waals surface area contributed by atoms with E-state index in [1.54, 1.807) is 23.4 Å². The van der Waals surface area contributed by atoms with Gasteiger partial charge in [0.1, 0.15) is 6.54 Å². The van der Waals surface area contributed by atoms with E-state index in [2.05, 4.69) is 16.1 Å². The van der Waals surface area contributed by atoms with Crippen LogP contribution in [0.25, 0.3) is 11.3 Å². The fourth-order valence-electron chi connectivity index (χ4n) is 3.17. The van der Waals surface area contributed by atoms with Crippen molar-refractivity contribution < 1.29 is 4.79 Å². The van der Waals surface area contributed by atoms with Crippen LogP contribution in [0.3, 0.4) is 0 Å². The van der Waals surface area contributed by atoms with Gasteiger partial charge in [0.15, 0.2) is 0 Å². The molecule has 130 valence electrons. The molecule has 26 heavy (non-hydrogen) atoms. The molecule has 0 aliphatic carbocycles. The van der Waals surface area contributed by atoms with Gasteiger partial charge in [-0.25, -0.2) is 4.68 Å². The van der Waals surface area contributed by atoms with Gasteiger partial charge in [0, 0.05) is 37.1 Å². The minimum Gasteiger partial charge on any atom is -0.336 e. The molecule has 0 saturated carbocycles. The molecule has 3 aromatic rings. The van der Waals surface area contributed by atoms with E-state index in [-0.39, 0.29) is 18.0 Å². The lowest BCUT2D eigenvalue weighted by Crippen LogP contribution is -2.40. The van der Waals surface area contributed by atoms with Crippen LogP contribution in [0.5, 0.6) is 0 Å². The minimum absolute atomic E-state index is 0.0604. The fraction of sp³-hybridized carbons (Fsp3) is 0.200. The molecule has 1 amide bonds. The standard InChI is InChI=1S/C20H18N4O2/c25-19-8-7-18(16-6-3-10-21-12-16)22-24(19)14-20(26)23-11-9-15-4-1-2-5-17(15)13-23/h1-8,10,12H,9,11,13-14H2. The molecular formula is C20H18N4O2.